The van der Waals surface area contributed by atoms with Crippen molar-refractivity contribution in [3.8, 4) is 16.9 Å². The zero-order chi connectivity index (χ0) is 25.4. The number of nitrogens with zero attached hydrogens (tertiary/aromatic N) is 3. The van der Waals surface area contributed by atoms with Crippen molar-refractivity contribution in [2.24, 2.45) is 0 Å². The summed E-state index contributed by atoms with van der Waals surface area (Å²) in [6.45, 7) is 0.0953. The number of hydrogen-bond donors (Lipinski definition) is 2. The molecule has 0 spiro atoms. The van der Waals surface area contributed by atoms with E-state index in [1.807, 2.05) is 48.5 Å². The van der Waals surface area contributed by atoms with Gasteiger partial charge in [0.25, 0.3) is 5.91 Å². The molecule has 0 aliphatic heterocycles. The Labute approximate surface area is 208 Å². The summed E-state index contributed by atoms with van der Waals surface area (Å²) < 4.78 is 6.23. The van der Waals surface area contributed by atoms with Crippen molar-refractivity contribution in [3.63, 3.8) is 0 Å². The number of fused-ring (bicyclic) bond motifs is 3. The minimum Gasteiger partial charge on any atom is -0.507 e. The van der Waals surface area contributed by atoms with Gasteiger partial charge in [-0.15, -0.1) is 0 Å². The van der Waals surface area contributed by atoms with Gasteiger partial charge < -0.3 is 20.0 Å². The van der Waals surface area contributed by atoms with Crippen LogP contribution in [-0.4, -0.2) is 38.2 Å². The van der Waals surface area contributed by atoms with E-state index in [-0.39, 0.29) is 23.8 Å². The van der Waals surface area contributed by atoms with E-state index in [1.165, 1.54) is 18.2 Å². The number of rotatable bonds is 5. The molecule has 1 heterocycles. The van der Waals surface area contributed by atoms with Gasteiger partial charge in [0.2, 0.25) is 11.5 Å². The molecular formula is C25H17ClN4O6. The van der Waals surface area contributed by atoms with E-state index in [0.29, 0.717) is 0 Å². The molecule has 2 N–H and O–H groups in total. The Morgan fingerprint density at radius 1 is 1.08 bits per heavy atom. The smallest absolute Gasteiger partial charge is 0.411 e. The summed E-state index contributed by atoms with van der Waals surface area (Å²) in [5, 5.41) is 23.1. The van der Waals surface area contributed by atoms with E-state index in [1.54, 1.807) is 0 Å². The Bertz CT molecular complexity index is 1490. The molecule has 0 fully saturated rings. The number of anilines is 1. The van der Waals surface area contributed by atoms with Crippen molar-refractivity contribution in [1.29, 1.82) is 0 Å². The SMILES string of the molecule is O=C(Nc1ccc(O)c(C(=O)n2cnc([N+](=O)[O-])c2Cl)c1)OCC1c2ccccc2-c2ccccc21. The Balaban J connectivity index is 1.31. The van der Waals surface area contributed by atoms with Crippen LogP contribution in [0.25, 0.3) is 11.1 Å². The molecule has 0 bridgehead atoms. The maximum atomic E-state index is 12.8. The number of carbonyl (C=O) groups is 2. The van der Waals surface area contributed by atoms with Crippen LogP contribution in [0.1, 0.15) is 27.4 Å². The zero-order valence-corrected chi connectivity index (χ0v) is 19.2. The van der Waals surface area contributed by atoms with Crippen LogP contribution in [0.15, 0.2) is 73.1 Å². The number of aromatic nitrogens is 2. The molecule has 0 unspecified atom stereocenters. The number of phenols is 1. The van der Waals surface area contributed by atoms with Gasteiger partial charge >= 0.3 is 11.9 Å². The highest BCUT2D eigenvalue weighted by atomic mass is 35.5. The standard InChI is InChI=1S/C25H17ClN4O6/c26-22-23(30(34)35)27-13-29(22)24(32)19-11-14(9-10-21(19)31)28-25(33)36-12-20-17-7-3-1-5-15(17)16-6-2-4-8-18(16)20/h1-11,13,20,31H,12H2,(H,28,33). The summed E-state index contributed by atoms with van der Waals surface area (Å²) in [6.07, 6.45) is 0.130. The van der Waals surface area contributed by atoms with Crippen molar-refractivity contribution in [2.75, 3.05) is 11.9 Å². The molecule has 0 radical (unpaired) electrons. The Morgan fingerprint density at radius 2 is 1.72 bits per heavy atom. The van der Waals surface area contributed by atoms with E-state index in [4.69, 9.17) is 16.3 Å². The number of nitro groups is 1. The fourth-order valence-corrected chi connectivity index (χ4v) is 4.49. The third-order valence-electron chi connectivity index (χ3n) is 5.90. The predicted octanol–water partition coefficient (Wildman–Crippen LogP) is 5.20. The molecule has 1 aliphatic carbocycles. The minimum atomic E-state index is -0.866. The number of halogens is 1. The molecule has 36 heavy (non-hydrogen) atoms. The lowest BCUT2D eigenvalue weighted by Gasteiger charge is -2.15. The molecule has 1 aromatic heterocycles. The Hall–Kier alpha value is -4.70. The summed E-state index contributed by atoms with van der Waals surface area (Å²) in [6, 6.07) is 19.7. The second-order valence-corrected chi connectivity index (χ2v) is 8.33. The third-order valence-corrected chi connectivity index (χ3v) is 6.25. The van der Waals surface area contributed by atoms with Gasteiger partial charge in [0.1, 0.15) is 12.4 Å². The average molecular weight is 505 g/mol. The van der Waals surface area contributed by atoms with Gasteiger partial charge in [-0.1, -0.05) is 60.1 Å². The number of carbonyl (C=O) groups excluding carboxylic acids is 2. The number of nitrogens with one attached hydrogen (secondary N) is 1. The monoisotopic (exact) mass is 504 g/mol. The molecule has 1 aliphatic rings. The largest absolute Gasteiger partial charge is 0.507 e. The molecule has 3 aromatic carbocycles. The molecule has 1 amide bonds. The fourth-order valence-electron chi connectivity index (χ4n) is 4.26. The van der Waals surface area contributed by atoms with Crippen molar-refractivity contribution in [1.82, 2.24) is 9.55 Å². The topological polar surface area (TPSA) is 137 Å². The van der Waals surface area contributed by atoms with Crippen LogP contribution < -0.4 is 5.32 Å². The summed E-state index contributed by atoms with van der Waals surface area (Å²) in [4.78, 5) is 39.0. The summed E-state index contributed by atoms with van der Waals surface area (Å²) in [5.74, 6) is -2.10. The minimum absolute atomic E-state index is 0.0953. The summed E-state index contributed by atoms with van der Waals surface area (Å²) >= 11 is 5.88. The molecule has 10 nitrogen and oxygen atoms in total. The first-order valence-corrected chi connectivity index (χ1v) is 11.1. The molecular weight excluding hydrogens is 488 g/mol. The first-order valence-electron chi connectivity index (χ1n) is 10.7. The van der Waals surface area contributed by atoms with E-state index in [9.17, 15) is 24.8 Å². The van der Waals surface area contributed by atoms with E-state index in [2.05, 4.69) is 10.3 Å². The zero-order valence-electron chi connectivity index (χ0n) is 18.4. The fraction of sp³-hybridized carbons (Fsp3) is 0.0800. The van der Waals surface area contributed by atoms with Crippen molar-refractivity contribution < 1.29 is 24.4 Å². The van der Waals surface area contributed by atoms with Crippen LogP contribution in [0.4, 0.5) is 16.3 Å². The number of benzene rings is 3. The van der Waals surface area contributed by atoms with Crippen LogP contribution in [-0.2, 0) is 4.74 Å². The molecule has 4 aromatic rings. The lowest BCUT2D eigenvalue weighted by molar-refractivity contribution is -0.389. The highest BCUT2D eigenvalue weighted by Gasteiger charge is 2.29. The van der Waals surface area contributed by atoms with Crippen molar-refractivity contribution in [3.05, 3.63) is 105 Å². The first kappa shape index (κ1) is 23.1. The summed E-state index contributed by atoms with van der Waals surface area (Å²) in [5.41, 5.74) is 4.25. The van der Waals surface area contributed by atoms with Gasteiger partial charge in [-0.2, -0.15) is 0 Å². The van der Waals surface area contributed by atoms with Gasteiger partial charge in [-0.25, -0.2) is 9.36 Å². The molecule has 0 saturated heterocycles. The van der Waals surface area contributed by atoms with Gasteiger partial charge in [0.15, 0.2) is 0 Å². The maximum absolute atomic E-state index is 12.8. The van der Waals surface area contributed by atoms with E-state index >= 15 is 0 Å². The molecule has 180 valence electrons. The van der Waals surface area contributed by atoms with Crippen molar-refractivity contribution >= 4 is 35.1 Å². The highest BCUT2D eigenvalue weighted by molar-refractivity contribution is 6.32. The van der Waals surface area contributed by atoms with Gasteiger partial charge in [-0.05, 0) is 50.4 Å². The quantitative estimate of drug-likeness (QED) is 0.216. The second-order valence-electron chi connectivity index (χ2n) is 7.97. The van der Waals surface area contributed by atoms with Crippen LogP contribution in [0.2, 0.25) is 5.15 Å². The molecule has 5 rings (SSSR count). The summed E-state index contributed by atoms with van der Waals surface area (Å²) in [7, 11) is 0. The maximum Gasteiger partial charge on any atom is 0.411 e. The number of ether oxygens (including phenoxy) is 1. The highest BCUT2D eigenvalue weighted by Crippen LogP contribution is 2.44. The molecule has 11 heteroatoms. The van der Waals surface area contributed by atoms with Gasteiger partial charge in [0.05, 0.1) is 5.56 Å². The Morgan fingerprint density at radius 3 is 2.33 bits per heavy atom. The number of hydrogen-bond acceptors (Lipinski definition) is 7. The van der Waals surface area contributed by atoms with E-state index in [0.717, 1.165) is 33.1 Å². The average Bonchev–Trinajstić information content (AvgIpc) is 3.41. The predicted molar refractivity (Wildman–Crippen MR) is 130 cm³/mol. The molecule has 0 atom stereocenters. The Kier molecular flexibility index (Phi) is 5.87. The second kappa shape index (κ2) is 9.16. The van der Waals surface area contributed by atoms with Crippen molar-refractivity contribution in [2.45, 2.75) is 5.92 Å². The van der Waals surface area contributed by atoms with Gasteiger partial charge in [-0.3, -0.25) is 10.1 Å². The van der Waals surface area contributed by atoms with Crippen LogP contribution >= 0.6 is 11.6 Å². The normalized spacial score (nSPS) is 12.0. The molecule has 0 saturated carbocycles. The first-order chi connectivity index (χ1) is 17.3. The van der Waals surface area contributed by atoms with Gasteiger partial charge in [0, 0.05) is 11.6 Å². The van der Waals surface area contributed by atoms with Crippen LogP contribution in [0, 0.1) is 10.1 Å². The van der Waals surface area contributed by atoms with Crippen LogP contribution in [0.3, 0.4) is 0 Å². The lowest BCUT2D eigenvalue weighted by Crippen LogP contribution is -2.18. The van der Waals surface area contributed by atoms with Crippen LogP contribution in [0.5, 0.6) is 5.75 Å². The number of aromatic hydroxyl groups is 1. The lowest BCUT2D eigenvalue weighted by atomic mass is 9.98. The number of amides is 1. The number of imidazole rings is 1. The van der Waals surface area contributed by atoms with E-state index < -0.39 is 33.6 Å². The number of phenolic OH excluding ortho intramolecular Hbond substituents is 1. The third kappa shape index (κ3) is 4.03.